The first-order valence-electron chi connectivity index (χ1n) is 6.98. The highest BCUT2D eigenvalue weighted by molar-refractivity contribution is 5.87. The Hall–Kier alpha value is -2.64. The third-order valence-corrected chi connectivity index (χ3v) is 3.44. The van der Waals surface area contributed by atoms with Gasteiger partial charge in [-0.3, -0.25) is 0 Å². The Morgan fingerprint density at radius 2 is 1.87 bits per heavy atom. The topological polar surface area (TPSA) is 46.8 Å². The second-order valence-corrected chi connectivity index (χ2v) is 5.11. The molecule has 0 atom stereocenters. The lowest BCUT2D eigenvalue weighted by atomic mass is 10.3. The summed E-state index contributed by atoms with van der Waals surface area (Å²) in [7, 11) is 1.58. The van der Waals surface area contributed by atoms with Gasteiger partial charge in [-0.2, -0.15) is 18.3 Å². The van der Waals surface area contributed by atoms with Crippen LogP contribution in [0.3, 0.4) is 0 Å². The van der Waals surface area contributed by atoms with Gasteiger partial charge in [0.05, 0.1) is 23.7 Å². The van der Waals surface area contributed by atoms with Crippen LogP contribution in [0.2, 0.25) is 0 Å². The zero-order chi connectivity index (χ0) is 16.4. The van der Waals surface area contributed by atoms with Gasteiger partial charge in [0.1, 0.15) is 12.1 Å². The van der Waals surface area contributed by atoms with Crippen LogP contribution in [0.5, 0.6) is 0 Å². The van der Waals surface area contributed by atoms with Gasteiger partial charge in [0, 0.05) is 13.6 Å². The molecule has 3 aromatic rings. The van der Waals surface area contributed by atoms with Crippen LogP contribution in [0.15, 0.2) is 42.9 Å². The Labute approximate surface area is 130 Å². The Morgan fingerprint density at radius 1 is 1.13 bits per heavy atom. The molecule has 2 heterocycles. The minimum absolute atomic E-state index is 0.174. The number of benzene rings is 1. The zero-order valence-corrected chi connectivity index (χ0v) is 12.3. The summed E-state index contributed by atoms with van der Waals surface area (Å²) in [6.45, 7) is -0.174. The quantitative estimate of drug-likeness (QED) is 0.740. The van der Waals surface area contributed by atoms with Crippen molar-refractivity contribution >= 4 is 16.9 Å². The predicted octanol–water partition coefficient (Wildman–Crippen LogP) is 3.20. The number of aromatic nitrogens is 4. The number of nitrogens with zero attached hydrogens (tertiary/aromatic N) is 5. The van der Waals surface area contributed by atoms with Gasteiger partial charge in [-0.1, -0.05) is 18.2 Å². The van der Waals surface area contributed by atoms with Gasteiger partial charge in [-0.25, -0.2) is 14.6 Å². The summed E-state index contributed by atoms with van der Waals surface area (Å²) >= 11 is 0. The first-order valence-corrected chi connectivity index (χ1v) is 6.98. The molecule has 0 fully saturated rings. The van der Waals surface area contributed by atoms with E-state index in [2.05, 4.69) is 15.1 Å². The molecule has 5 nitrogen and oxygen atoms in total. The molecule has 8 heteroatoms. The number of hydrogen-bond donors (Lipinski definition) is 0. The molecule has 0 aliphatic carbocycles. The van der Waals surface area contributed by atoms with Crippen LogP contribution in [0.25, 0.3) is 16.7 Å². The molecule has 0 aliphatic heterocycles. The molecule has 120 valence electrons. The van der Waals surface area contributed by atoms with Gasteiger partial charge in [0.2, 0.25) is 0 Å². The molecule has 0 aliphatic rings. The van der Waals surface area contributed by atoms with Gasteiger partial charge in [-0.15, -0.1) is 0 Å². The van der Waals surface area contributed by atoms with Crippen molar-refractivity contribution in [3.8, 4) is 5.69 Å². The third kappa shape index (κ3) is 3.25. The van der Waals surface area contributed by atoms with Crippen LogP contribution in [0.1, 0.15) is 6.42 Å². The van der Waals surface area contributed by atoms with Crippen molar-refractivity contribution in [2.24, 2.45) is 0 Å². The second kappa shape index (κ2) is 5.86. The number of para-hydroxylation sites is 1. The van der Waals surface area contributed by atoms with Crippen molar-refractivity contribution in [1.82, 2.24) is 19.7 Å². The van der Waals surface area contributed by atoms with Gasteiger partial charge >= 0.3 is 6.18 Å². The van der Waals surface area contributed by atoms with Crippen molar-refractivity contribution < 1.29 is 13.2 Å². The van der Waals surface area contributed by atoms with Crippen LogP contribution in [0, 0.1) is 0 Å². The highest BCUT2D eigenvalue weighted by Gasteiger charge is 2.27. The largest absolute Gasteiger partial charge is 0.390 e. The van der Waals surface area contributed by atoms with Crippen molar-refractivity contribution in [1.29, 1.82) is 0 Å². The third-order valence-electron chi connectivity index (χ3n) is 3.44. The van der Waals surface area contributed by atoms with E-state index in [0.29, 0.717) is 16.9 Å². The summed E-state index contributed by atoms with van der Waals surface area (Å²) in [6, 6.07) is 9.39. The molecule has 0 spiro atoms. The lowest BCUT2D eigenvalue weighted by Crippen LogP contribution is -2.25. The molecule has 0 amide bonds. The molecule has 1 aromatic carbocycles. The normalized spacial score (nSPS) is 11.8. The van der Waals surface area contributed by atoms with Crippen LogP contribution in [0.4, 0.5) is 19.0 Å². The predicted molar refractivity (Wildman–Crippen MR) is 80.6 cm³/mol. The average molecular weight is 321 g/mol. The highest BCUT2D eigenvalue weighted by atomic mass is 19.4. The van der Waals surface area contributed by atoms with Crippen molar-refractivity contribution in [2.45, 2.75) is 12.6 Å². The molecule has 3 rings (SSSR count). The number of hydrogen-bond acceptors (Lipinski definition) is 4. The van der Waals surface area contributed by atoms with E-state index in [0.717, 1.165) is 5.69 Å². The Bertz CT molecular complexity index is 798. The van der Waals surface area contributed by atoms with Crippen LogP contribution < -0.4 is 4.90 Å². The number of anilines is 1. The molecular weight excluding hydrogens is 307 g/mol. The van der Waals surface area contributed by atoms with Gasteiger partial charge in [0.25, 0.3) is 0 Å². The number of rotatable bonds is 4. The molecule has 0 N–H and O–H groups in total. The lowest BCUT2D eigenvalue weighted by molar-refractivity contribution is -0.132. The minimum atomic E-state index is -4.20. The summed E-state index contributed by atoms with van der Waals surface area (Å²) in [5, 5.41) is 4.89. The fraction of sp³-hybridized carbons (Fsp3) is 0.267. The number of fused-ring (bicyclic) bond motifs is 1. The zero-order valence-electron chi connectivity index (χ0n) is 12.3. The van der Waals surface area contributed by atoms with E-state index in [1.165, 1.54) is 11.2 Å². The van der Waals surface area contributed by atoms with E-state index in [9.17, 15) is 13.2 Å². The maximum absolute atomic E-state index is 12.4. The maximum atomic E-state index is 12.4. The van der Waals surface area contributed by atoms with Gasteiger partial charge < -0.3 is 4.90 Å². The van der Waals surface area contributed by atoms with Crippen molar-refractivity contribution in [3.05, 3.63) is 42.9 Å². The summed E-state index contributed by atoms with van der Waals surface area (Å²) in [5.74, 6) is 0.432. The highest BCUT2D eigenvalue weighted by Crippen LogP contribution is 2.26. The van der Waals surface area contributed by atoms with E-state index in [1.807, 2.05) is 30.3 Å². The Balaban J connectivity index is 1.96. The van der Waals surface area contributed by atoms with Crippen molar-refractivity contribution in [2.75, 3.05) is 18.5 Å². The monoisotopic (exact) mass is 321 g/mol. The summed E-state index contributed by atoms with van der Waals surface area (Å²) < 4.78 is 38.8. The van der Waals surface area contributed by atoms with E-state index < -0.39 is 12.6 Å². The van der Waals surface area contributed by atoms with Crippen LogP contribution >= 0.6 is 0 Å². The average Bonchev–Trinajstić information content (AvgIpc) is 2.96. The second-order valence-electron chi connectivity index (χ2n) is 5.11. The Kier molecular flexibility index (Phi) is 3.89. The SMILES string of the molecule is CN(CCC(F)(F)F)c1ncnc2c1cnn2-c1ccccc1. The molecule has 0 radical (unpaired) electrons. The first-order chi connectivity index (χ1) is 11.0. The van der Waals surface area contributed by atoms with Crippen LogP contribution in [-0.4, -0.2) is 39.5 Å². The smallest absolute Gasteiger partial charge is 0.359 e. The summed E-state index contributed by atoms with van der Waals surface area (Å²) in [5.41, 5.74) is 1.38. The summed E-state index contributed by atoms with van der Waals surface area (Å²) in [4.78, 5) is 9.79. The molecule has 0 bridgehead atoms. The Morgan fingerprint density at radius 3 is 2.57 bits per heavy atom. The van der Waals surface area contributed by atoms with Crippen molar-refractivity contribution in [3.63, 3.8) is 0 Å². The number of alkyl halides is 3. The lowest BCUT2D eigenvalue weighted by Gasteiger charge is -2.19. The molecule has 23 heavy (non-hydrogen) atoms. The fourth-order valence-corrected chi connectivity index (χ4v) is 2.29. The molecule has 2 aromatic heterocycles. The summed E-state index contributed by atoms with van der Waals surface area (Å²) in [6.07, 6.45) is -2.19. The van der Waals surface area contributed by atoms with Crippen LogP contribution in [-0.2, 0) is 0 Å². The van der Waals surface area contributed by atoms with Gasteiger partial charge in [0.15, 0.2) is 5.65 Å². The fourth-order valence-electron chi connectivity index (χ4n) is 2.29. The molecule has 0 saturated carbocycles. The molecule has 0 unspecified atom stereocenters. The van der Waals surface area contributed by atoms with E-state index in [4.69, 9.17) is 0 Å². The minimum Gasteiger partial charge on any atom is -0.359 e. The first kappa shape index (κ1) is 15.3. The molecule has 0 saturated heterocycles. The standard InChI is InChI=1S/C15H14F3N5/c1-22(8-7-15(16,17)18)13-12-9-21-23(14(12)20-10-19-13)11-5-3-2-4-6-11/h2-6,9-10H,7-8H2,1H3. The van der Waals surface area contributed by atoms with E-state index in [-0.39, 0.29) is 6.54 Å². The van der Waals surface area contributed by atoms with Gasteiger partial charge in [-0.05, 0) is 12.1 Å². The maximum Gasteiger partial charge on any atom is 0.390 e. The van der Waals surface area contributed by atoms with E-state index >= 15 is 0 Å². The molecular formula is C15H14F3N5. The number of halogens is 3. The van der Waals surface area contributed by atoms with E-state index in [1.54, 1.807) is 17.9 Å².